The fraction of sp³-hybridized carbons (Fsp3) is 0.450. The van der Waals surface area contributed by atoms with E-state index >= 15 is 0 Å². The van der Waals surface area contributed by atoms with E-state index in [0.717, 1.165) is 36.0 Å². The second-order valence-electron chi connectivity index (χ2n) is 7.04. The lowest BCUT2D eigenvalue weighted by atomic mass is 10.2. The molecule has 0 aliphatic carbocycles. The third-order valence-corrected chi connectivity index (χ3v) is 5.20. The predicted molar refractivity (Wildman–Crippen MR) is 103 cm³/mol. The van der Waals surface area contributed by atoms with Crippen LogP contribution in [0.2, 0.25) is 0 Å². The molecule has 3 aromatic rings. The minimum absolute atomic E-state index is 0.0475. The fourth-order valence-electron chi connectivity index (χ4n) is 3.92. The topological polar surface area (TPSA) is 77.6 Å². The summed E-state index contributed by atoms with van der Waals surface area (Å²) in [5, 5.41) is 3.91. The lowest BCUT2D eigenvalue weighted by Crippen LogP contribution is -2.38. The number of benzene rings is 1. The molecule has 142 valence electrons. The average molecular weight is 368 g/mol. The maximum Gasteiger partial charge on any atom is 0.273 e. The highest BCUT2D eigenvalue weighted by molar-refractivity contribution is 5.94. The molecule has 1 N–H and O–H groups in total. The summed E-state index contributed by atoms with van der Waals surface area (Å²) in [6, 6.07) is 8.84. The Hall–Kier alpha value is -2.67. The Morgan fingerprint density at radius 2 is 2.22 bits per heavy atom. The molecule has 7 nitrogen and oxygen atoms in total. The predicted octanol–water partition coefficient (Wildman–Crippen LogP) is 2.20. The van der Waals surface area contributed by atoms with Gasteiger partial charge in [0.1, 0.15) is 6.04 Å². The first kappa shape index (κ1) is 17.7. The summed E-state index contributed by atoms with van der Waals surface area (Å²) in [5.41, 5.74) is 1.96. The highest BCUT2D eigenvalue weighted by atomic mass is 16.5. The molecule has 4 rings (SSSR count). The molecule has 0 saturated carbocycles. The van der Waals surface area contributed by atoms with E-state index in [2.05, 4.69) is 10.3 Å². The summed E-state index contributed by atoms with van der Waals surface area (Å²) in [6.45, 7) is 5.15. The first-order valence-electron chi connectivity index (χ1n) is 9.49. The van der Waals surface area contributed by atoms with E-state index in [-0.39, 0.29) is 17.6 Å². The average Bonchev–Trinajstić information content (AvgIpc) is 3.28. The van der Waals surface area contributed by atoms with E-state index in [9.17, 15) is 9.59 Å². The normalized spacial score (nSPS) is 18.2. The van der Waals surface area contributed by atoms with Crippen LogP contribution in [0.1, 0.15) is 37.9 Å². The van der Waals surface area contributed by atoms with Crippen molar-refractivity contribution in [1.82, 2.24) is 19.5 Å². The third kappa shape index (κ3) is 3.12. The van der Waals surface area contributed by atoms with E-state index in [4.69, 9.17) is 4.74 Å². The van der Waals surface area contributed by atoms with Gasteiger partial charge < -0.3 is 10.1 Å². The van der Waals surface area contributed by atoms with Crippen LogP contribution in [0.4, 0.5) is 0 Å². The standard InChI is InChI=1S/C20H24N4O3/c1-3-16(20(26)21-12-14-7-6-10-27-14)24-17-9-5-4-8-15(17)19-22-18(25)11-13(2)23(19)24/h4-5,8-9,11,14,16H,3,6-7,10,12H2,1-2H3,(H,21,26)/t14-,16+/m1/s1. The molecule has 2 atom stereocenters. The number of aryl methyl sites for hydroxylation is 1. The van der Waals surface area contributed by atoms with E-state index in [1.54, 1.807) is 0 Å². The van der Waals surface area contributed by atoms with Gasteiger partial charge >= 0.3 is 0 Å². The van der Waals surface area contributed by atoms with Crippen LogP contribution in [0.5, 0.6) is 0 Å². The van der Waals surface area contributed by atoms with Gasteiger partial charge in [0.25, 0.3) is 5.56 Å². The largest absolute Gasteiger partial charge is 0.376 e. The Labute approximate surface area is 156 Å². The lowest BCUT2D eigenvalue weighted by molar-refractivity contribution is -0.125. The van der Waals surface area contributed by atoms with Crippen molar-refractivity contribution < 1.29 is 9.53 Å². The summed E-state index contributed by atoms with van der Waals surface area (Å²) >= 11 is 0. The van der Waals surface area contributed by atoms with E-state index in [1.165, 1.54) is 6.07 Å². The molecule has 0 spiro atoms. The minimum atomic E-state index is -0.406. The van der Waals surface area contributed by atoms with E-state index in [1.807, 2.05) is 47.3 Å². The molecule has 7 heteroatoms. The number of amides is 1. The Bertz CT molecular complexity index is 1050. The van der Waals surface area contributed by atoms with Crippen molar-refractivity contribution >= 4 is 22.5 Å². The quantitative estimate of drug-likeness (QED) is 0.749. The molecule has 2 aromatic heterocycles. The summed E-state index contributed by atoms with van der Waals surface area (Å²) in [4.78, 5) is 29.2. The van der Waals surface area contributed by atoms with Crippen LogP contribution >= 0.6 is 0 Å². The molecule has 27 heavy (non-hydrogen) atoms. The number of fused-ring (bicyclic) bond motifs is 3. The van der Waals surface area contributed by atoms with Crippen LogP contribution in [-0.4, -0.2) is 39.3 Å². The van der Waals surface area contributed by atoms with E-state index < -0.39 is 6.04 Å². The van der Waals surface area contributed by atoms with Crippen molar-refractivity contribution in [2.75, 3.05) is 13.2 Å². The van der Waals surface area contributed by atoms with Gasteiger partial charge in [0.15, 0.2) is 5.65 Å². The molecule has 0 unspecified atom stereocenters. The summed E-state index contributed by atoms with van der Waals surface area (Å²) < 4.78 is 9.45. The van der Waals surface area contributed by atoms with Crippen LogP contribution in [0, 0.1) is 6.92 Å². The first-order chi connectivity index (χ1) is 13.1. The molecule has 1 amide bonds. The van der Waals surface area contributed by atoms with E-state index in [0.29, 0.717) is 18.6 Å². The Balaban J connectivity index is 1.79. The van der Waals surface area contributed by atoms with Gasteiger partial charge in [-0.05, 0) is 38.3 Å². The molecule has 0 radical (unpaired) electrons. The number of nitrogens with zero attached hydrogens (tertiary/aromatic N) is 3. The number of hydrogen-bond acceptors (Lipinski definition) is 4. The van der Waals surface area contributed by atoms with Crippen molar-refractivity contribution in [3.8, 4) is 0 Å². The number of nitrogens with one attached hydrogen (secondary N) is 1. The van der Waals surface area contributed by atoms with Gasteiger partial charge in [-0.2, -0.15) is 4.98 Å². The van der Waals surface area contributed by atoms with Crippen molar-refractivity contribution in [2.24, 2.45) is 0 Å². The van der Waals surface area contributed by atoms with Crippen LogP contribution in [-0.2, 0) is 9.53 Å². The van der Waals surface area contributed by atoms with Crippen LogP contribution in [0.25, 0.3) is 16.6 Å². The van der Waals surface area contributed by atoms with Crippen molar-refractivity contribution in [2.45, 2.75) is 45.3 Å². The molecule has 0 bridgehead atoms. The molecule has 3 heterocycles. The molecule has 1 aliphatic rings. The van der Waals surface area contributed by atoms with Gasteiger partial charge in [0.2, 0.25) is 5.91 Å². The number of aromatic nitrogens is 3. The Kier molecular flexibility index (Phi) is 4.70. The Morgan fingerprint density at radius 1 is 1.41 bits per heavy atom. The molecular formula is C20H24N4O3. The zero-order valence-corrected chi connectivity index (χ0v) is 15.6. The Morgan fingerprint density at radius 3 is 2.96 bits per heavy atom. The van der Waals surface area contributed by atoms with Crippen LogP contribution in [0.15, 0.2) is 35.1 Å². The van der Waals surface area contributed by atoms with Gasteiger partial charge in [-0.15, -0.1) is 0 Å². The molecule has 1 saturated heterocycles. The van der Waals surface area contributed by atoms with Gasteiger partial charge in [-0.25, -0.2) is 4.52 Å². The second-order valence-corrected chi connectivity index (χ2v) is 7.04. The number of carbonyl (C=O) groups excluding carboxylic acids is 1. The lowest BCUT2D eigenvalue weighted by Gasteiger charge is -2.21. The van der Waals surface area contributed by atoms with Gasteiger partial charge in [0.05, 0.1) is 11.6 Å². The molecule has 1 aromatic carbocycles. The number of para-hydroxylation sites is 1. The monoisotopic (exact) mass is 368 g/mol. The number of ether oxygens (including phenoxy) is 1. The van der Waals surface area contributed by atoms with Gasteiger partial charge in [-0.3, -0.25) is 14.3 Å². The first-order valence-corrected chi connectivity index (χ1v) is 9.49. The smallest absolute Gasteiger partial charge is 0.273 e. The second kappa shape index (κ2) is 7.15. The van der Waals surface area contributed by atoms with Gasteiger partial charge in [0, 0.05) is 30.3 Å². The highest BCUT2D eigenvalue weighted by Gasteiger charge is 2.26. The van der Waals surface area contributed by atoms with Crippen LogP contribution < -0.4 is 10.9 Å². The van der Waals surface area contributed by atoms with Crippen molar-refractivity contribution in [1.29, 1.82) is 0 Å². The fourth-order valence-corrected chi connectivity index (χ4v) is 3.92. The maximum absolute atomic E-state index is 13.0. The van der Waals surface area contributed by atoms with Gasteiger partial charge in [-0.1, -0.05) is 19.1 Å². The third-order valence-electron chi connectivity index (χ3n) is 5.20. The zero-order chi connectivity index (χ0) is 19.0. The van der Waals surface area contributed by atoms with Crippen molar-refractivity contribution in [3.63, 3.8) is 0 Å². The van der Waals surface area contributed by atoms with Crippen LogP contribution in [0.3, 0.4) is 0 Å². The summed E-state index contributed by atoms with van der Waals surface area (Å²) in [6.07, 6.45) is 2.75. The molecule has 1 fully saturated rings. The summed E-state index contributed by atoms with van der Waals surface area (Å²) in [5.74, 6) is -0.0475. The number of rotatable bonds is 5. The maximum atomic E-state index is 13.0. The molecular weight excluding hydrogens is 344 g/mol. The zero-order valence-electron chi connectivity index (χ0n) is 15.6. The van der Waals surface area contributed by atoms with Crippen molar-refractivity contribution in [3.05, 3.63) is 46.4 Å². The summed E-state index contributed by atoms with van der Waals surface area (Å²) in [7, 11) is 0. The SMILES string of the molecule is CC[C@@H](C(=O)NC[C@H]1CCCO1)n1c2ccccc2c2nc(=O)cc(C)n21. The number of hydrogen-bond donors (Lipinski definition) is 1. The molecule has 1 aliphatic heterocycles. The number of carbonyl (C=O) groups is 1. The minimum Gasteiger partial charge on any atom is -0.376 e. The highest BCUT2D eigenvalue weighted by Crippen LogP contribution is 2.26.